The first-order valence-electron chi connectivity index (χ1n) is 9.11. The molecule has 0 radical (unpaired) electrons. The maximum atomic E-state index is 12.4. The van der Waals surface area contributed by atoms with E-state index >= 15 is 0 Å². The molecule has 1 atom stereocenters. The van der Waals surface area contributed by atoms with Gasteiger partial charge in [-0.05, 0) is 61.0 Å². The van der Waals surface area contributed by atoms with Crippen molar-refractivity contribution in [1.82, 2.24) is 5.43 Å². The minimum atomic E-state index is -0.438. The zero-order chi connectivity index (χ0) is 19.9. The quantitative estimate of drug-likeness (QED) is 0.591. The van der Waals surface area contributed by atoms with Crippen LogP contribution in [0.1, 0.15) is 18.9 Å². The Morgan fingerprint density at radius 3 is 2.50 bits per heavy atom. The highest BCUT2D eigenvalue weighted by Crippen LogP contribution is 2.26. The normalized spacial score (nSPS) is 16.4. The third-order valence-corrected chi connectivity index (χ3v) is 4.46. The number of nitrogens with one attached hydrogen (secondary N) is 1. The molecule has 146 valence electrons. The van der Waals surface area contributed by atoms with Crippen LogP contribution in [0.15, 0.2) is 53.6 Å². The van der Waals surface area contributed by atoms with Gasteiger partial charge in [0.05, 0.1) is 25.8 Å². The van der Waals surface area contributed by atoms with Gasteiger partial charge in [0.1, 0.15) is 11.5 Å². The number of nitrogens with zero attached hydrogens (tertiary/aromatic N) is 2. The average molecular weight is 381 g/mol. The van der Waals surface area contributed by atoms with E-state index in [0.29, 0.717) is 18.9 Å². The van der Waals surface area contributed by atoms with Crippen molar-refractivity contribution in [1.29, 1.82) is 0 Å². The molecule has 1 aliphatic rings. The van der Waals surface area contributed by atoms with Crippen molar-refractivity contribution >= 4 is 23.7 Å². The van der Waals surface area contributed by atoms with Crippen LogP contribution in [0.4, 0.5) is 5.69 Å². The zero-order valence-electron chi connectivity index (χ0n) is 15.9. The summed E-state index contributed by atoms with van der Waals surface area (Å²) in [5, 5.41) is 4.00. The first-order valence-corrected chi connectivity index (χ1v) is 9.11. The Kier molecular flexibility index (Phi) is 6.26. The molecule has 3 rings (SSSR count). The van der Waals surface area contributed by atoms with Gasteiger partial charge in [0.15, 0.2) is 0 Å². The Bertz CT molecular complexity index is 847. The lowest BCUT2D eigenvalue weighted by Crippen LogP contribution is -2.30. The molecule has 1 N–H and O–H groups in total. The van der Waals surface area contributed by atoms with Crippen LogP contribution in [0, 0.1) is 5.92 Å². The molecule has 0 aromatic heterocycles. The summed E-state index contributed by atoms with van der Waals surface area (Å²) in [7, 11) is 1.59. The van der Waals surface area contributed by atoms with E-state index in [1.807, 2.05) is 31.2 Å². The molecule has 7 nitrogen and oxygen atoms in total. The van der Waals surface area contributed by atoms with Crippen LogP contribution in [0.3, 0.4) is 0 Å². The van der Waals surface area contributed by atoms with Crippen molar-refractivity contribution < 1.29 is 19.1 Å². The van der Waals surface area contributed by atoms with Crippen molar-refractivity contribution in [2.45, 2.75) is 13.3 Å². The van der Waals surface area contributed by atoms with Crippen LogP contribution in [0.2, 0.25) is 0 Å². The van der Waals surface area contributed by atoms with E-state index < -0.39 is 5.92 Å². The smallest absolute Gasteiger partial charge is 0.245 e. The van der Waals surface area contributed by atoms with E-state index in [9.17, 15) is 9.59 Å². The standard InChI is InChI=1S/C21H23N3O4/c1-3-28-19-8-4-15(5-9-19)13-22-23-21(26)16-12-20(25)24(14-16)17-6-10-18(27-2)11-7-17/h4-11,13,16H,3,12,14H2,1-2H3,(H,23,26)/b22-13+/t16-/m0/s1. The molecule has 28 heavy (non-hydrogen) atoms. The first-order chi connectivity index (χ1) is 13.6. The van der Waals surface area contributed by atoms with Gasteiger partial charge in [-0.15, -0.1) is 0 Å². The lowest BCUT2D eigenvalue weighted by molar-refractivity contribution is -0.126. The Hall–Kier alpha value is -3.35. The number of hydrogen-bond acceptors (Lipinski definition) is 5. The van der Waals surface area contributed by atoms with Crippen LogP contribution < -0.4 is 19.8 Å². The van der Waals surface area contributed by atoms with Gasteiger partial charge in [-0.2, -0.15) is 5.10 Å². The van der Waals surface area contributed by atoms with Gasteiger partial charge in [0.2, 0.25) is 11.8 Å². The summed E-state index contributed by atoms with van der Waals surface area (Å²) in [6.45, 7) is 2.86. The fourth-order valence-electron chi connectivity index (χ4n) is 2.97. The van der Waals surface area contributed by atoms with Gasteiger partial charge in [0, 0.05) is 18.7 Å². The molecule has 0 spiro atoms. The molecule has 2 aromatic rings. The average Bonchev–Trinajstić information content (AvgIpc) is 3.11. The SMILES string of the molecule is CCOc1ccc(/C=N/NC(=O)[C@H]2CC(=O)N(c3ccc(OC)cc3)C2)cc1. The molecular weight excluding hydrogens is 358 g/mol. The summed E-state index contributed by atoms with van der Waals surface area (Å²) in [4.78, 5) is 26.3. The van der Waals surface area contributed by atoms with Gasteiger partial charge in [-0.25, -0.2) is 5.43 Å². The van der Waals surface area contributed by atoms with Gasteiger partial charge in [-0.3, -0.25) is 9.59 Å². The van der Waals surface area contributed by atoms with Crippen LogP contribution >= 0.6 is 0 Å². The van der Waals surface area contributed by atoms with Crippen LogP contribution in [-0.2, 0) is 9.59 Å². The van der Waals surface area contributed by atoms with E-state index in [1.165, 1.54) is 0 Å². The van der Waals surface area contributed by atoms with E-state index in [4.69, 9.17) is 9.47 Å². The highest BCUT2D eigenvalue weighted by atomic mass is 16.5. The number of benzene rings is 2. The van der Waals surface area contributed by atoms with Crippen LogP contribution in [0.25, 0.3) is 0 Å². The van der Waals surface area contributed by atoms with Gasteiger partial charge in [0.25, 0.3) is 0 Å². The number of rotatable bonds is 7. The van der Waals surface area contributed by atoms with Crippen molar-refractivity contribution in [2.75, 3.05) is 25.2 Å². The minimum Gasteiger partial charge on any atom is -0.497 e. The summed E-state index contributed by atoms with van der Waals surface area (Å²) in [6.07, 6.45) is 1.72. The second kappa shape index (κ2) is 9.03. The number of hydrogen-bond donors (Lipinski definition) is 1. The summed E-state index contributed by atoms with van der Waals surface area (Å²) >= 11 is 0. The highest BCUT2D eigenvalue weighted by molar-refractivity contribution is 6.00. The molecule has 0 unspecified atom stereocenters. The summed E-state index contributed by atoms with van der Waals surface area (Å²) < 4.78 is 10.5. The maximum Gasteiger partial charge on any atom is 0.245 e. The number of hydrazone groups is 1. The number of amides is 2. The van der Waals surface area contributed by atoms with E-state index in [-0.39, 0.29) is 18.2 Å². The number of ether oxygens (including phenoxy) is 2. The summed E-state index contributed by atoms with van der Waals surface area (Å²) in [5.74, 6) is 0.708. The summed E-state index contributed by atoms with van der Waals surface area (Å²) in [5.41, 5.74) is 4.11. The van der Waals surface area contributed by atoms with Gasteiger partial charge >= 0.3 is 0 Å². The lowest BCUT2D eigenvalue weighted by Gasteiger charge is -2.16. The molecule has 1 aliphatic heterocycles. The van der Waals surface area contributed by atoms with Crippen molar-refractivity contribution in [3.05, 3.63) is 54.1 Å². The topological polar surface area (TPSA) is 80.2 Å². The molecule has 2 aromatic carbocycles. The lowest BCUT2D eigenvalue weighted by atomic mass is 10.1. The van der Waals surface area contributed by atoms with E-state index in [2.05, 4.69) is 10.5 Å². The first kappa shape index (κ1) is 19.4. The second-order valence-corrected chi connectivity index (χ2v) is 6.34. The minimum absolute atomic E-state index is 0.0826. The second-order valence-electron chi connectivity index (χ2n) is 6.34. The van der Waals surface area contributed by atoms with Crippen LogP contribution in [0.5, 0.6) is 11.5 Å². The van der Waals surface area contributed by atoms with Crippen molar-refractivity contribution in [2.24, 2.45) is 11.0 Å². The number of carbonyl (C=O) groups excluding carboxylic acids is 2. The van der Waals surface area contributed by atoms with Gasteiger partial charge < -0.3 is 14.4 Å². The maximum absolute atomic E-state index is 12.4. The monoisotopic (exact) mass is 381 g/mol. The fraction of sp³-hybridized carbons (Fsp3) is 0.286. The van der Waals surface area contributed by atoms with Crippen LogP contribution in [-0.4, -0.2) is 38.3 Å². The molecule has 1 fully saturated rings. The summed E-state index contributed by atoms with van der Waals surface area (Å²) in [6, 6.07) is 14.6. The third-order valence-electron chi connectivity index (χ3n) is 4.46. The van der Waals surface area contributed by atoms with E-state index in [1.54, 1.807) is 42.5 Å². The fourth-order valence-corrected chi connectivity index (χ4v) is 2.97. The molecule has 1 saturated heterocycles. The molecule has 2 amide bonds. The molecule has 1 heterocycles. The predicted octanol–water partition coefficient (Wildman–Crippen LogP) is 2.60. The van der Waals surface area contributed by atoms with Crippen molar-refractivity contribution in [3.8, 4) is 11.5 Å². The highest BCUT2D eigenvalue weighted by Gasteiger charge is 2.35. The molecular formula is C21H23N3O4. The third kappa shape index (κ3) is 4.68. The number of anilines is 1. The Morgan fingerprint density at radius 2 is 1.86 bits per heavy atom. The number of carbonyl (C=O) groups is 2. The molecule has 7 heteroatoms. The largest absolute Gasteiger partial charge is 0.497 e. The Morgan fingerprint density at radius 1 is 1.18 bits per heavy atom. The van der Waals surface area contributed by atoms with E-state index in [0.717, 1.165) is 17.0 Å². The Balaban J connectivity index is 1.55. The Labute approximate surface area is 163 Å². The molecule has 0 bridgehead atoms. The molecule has 0 aliphatic carbocycles. The zero-order valence-corrected chi connectivity index (χ0v) is 15.9. The molecule has 0 saturated carbocycles. The van der Waals surface area contributed by atoms with Gasteiger partial charge in [-0.1, -0.05) is 0 Å². The van der Waals surface area contributed by atoms with Crippen molar-refractivity contribution in [3.63, 3.8) is 0 Å². The number of methoxy groups -OCH3 is 1. The predicted molar refractivity (Wildman–Crippen MR) is 107 cm³/mol.